The zero-order valence-electron chi connectivity index (χ0n) is 18.8. The molecular formula is C24H30N4OS. The predicted octanol–water partition coefficient (Wildman–Crippen LogP) is 5.52. The average Bonchev–Trinajstić information content (AvgIpc) is 3.03. The van der Waals surface area contributed by atoms with E-state index in [0.717, 1.165) is 22.6 Å². The molecule has 2 aromatic carbocycles. The van der Waals surface area contributed by atoms with Crippen molar-refractivity contribution < 1.29 is 4.79 Å². The van der Waals surface area contributed by atoms with Crippen LogP contribution >= 0.6 is 11.8 Å². The minimum Gasteiger partial charge on any atom is -0.325 e. The van der Waals surface area contributed by atoms with Crippen molar-refractivity contribution >= 4 is 23.4 Å². The number of anilines is 1. The molecule has 158 valence electrons. The summed E-state index contributed by atoms with van der Waals surface area (Å²) in [6.45, 7) is 12.5. The van der Waals surface area contributed by atoms with Crippen LogP contribution in [-0.2, 0) is 17.3 Å². The van der Waals surface area contributed by atoms with Gasteiger partial charge in [-0.3, -0.25) is 4.79 Å². The SMILES string of the molecule is Cc1ccc(NC(=O)C(C)Sc2nnc(-c3ccc(C(C)(C)C)cc3)n2C)c(C)c1. The van der Waals surface area contributed by atoms with Crippen LogP contribution in [0.2, 0.25) is 0 Å². The van der Waals surface area contributed by atoms with Crippen LogP contribution in [0.3, 0.4) is 0 Å². The van der Waals surface area contributed by atoms with Crippen LogP contribution in [0.5, 0.6) is 0 Å². The molecule has 0 radical (unpaired) electrons. The lowest BCUT2D eigenvalue weighted by Crippen LogP contribution is -2.23. The Morgan fingerprint density at radius 2 is 1.73 bits per heavy atom. The summed E-state index contributed by atoms with van der Waals surface area (Å²) in [6, 6.07) is 14.4. The molecule has 30 heavy (non-hydrogen) atoms. The first-order valence-electron chi connectivity index (χ1n) is 10.1. The molecule has 0 bridgehead atoms. The van der Waals surface area contributed by atoms with Gasteiger partial charge in [0.1, 0.15) is 0 Å². The van der Waals surface area contributed by atoms with Gasteiger partial charge in [-0.15, -0.1) is 10.2 Å². The molecule has 0 aliphatic carbocycles. The maximum absolute atomic E-state index is 12.7. The molecule has 0 spiro atoms. The second-order valence-corrected chi connectivity index (χ2v) is 10.1. The Morgan fingerprint density at radius 3 is 2.33 bits per heavy atom. The van der Waals surface area contributed by atoms with Crippen LogP contribution in [-0.4, -0.2) is 25.9 Å². The number of aromatic nitrogens is 3. The maximum atomic E-state index is 12.7. The maximum Gasteiger partial charge on any atom is 0.237 e. The zero-order valence-corrected chi connectivity index (χ0v) is 19.6. The summed E-state index contributed by atoms with van der Waals surface area (Å²) in [5.41, 5.74) is 5.47. The van der Waals surface area contributed by atoms with E-state index >= 15 is 0 Å². The number of nitrogens with zero attached hydrogens (tertiary/aromatic N) is 3. The number of hydrogen-bond acceptors (Lipinski definition) is 4. The van der Waals surface area contributed by atoms with Crippen molar-refractivity contribution in [3.05, 3.63) is 59.2 Å². The minimum absolute atomic E-state index is 0.0500. The van der Waals surface area contributed by atoms with Crippen LogP contribution in [0.1, 0.15) is 44.4 Å². The van der Waals surface area contributed by atoms with Gasteiger partial charge in [-0.1, -0.05) is 74.5 Å². The van der Waals surface area contributed by atoms with Crippen molar-refractivity contribution in [2.75, 3.05) is 5.32 Å². The van der Waals surface area contributed by atoms with Crippen molar-refractivity contribution in [3.8, 4) is 11.4 Å². The largest absolute Gasteiger partial charge is 0.325 e. The Morgan fingerprint density at radius 1 is 1.07 bits per heavy atom. The third kappa shape index (κ3) is 4.93. The lowest BCUT2D eigenvalue weighted by Gasteiger charge is -2.19. The second kappa shape index (κ2) is 8.64. The standard InChI is InChI=1S/C24H30N4OS/c1-15-8-13-20(16(2)14-15)25-22(29)17(3)30-23-27-26-21(28(23)7)18-9-11-19(12-10-18)24(4,5)6/h8-14,17H,1-7H3,(H,25,29). The molecule has 0 saturated carbocycles. The van der Waals surface area contributed by atoms with Gasteiger partial charge < -0.3 is 9.88 Å². The molecule has 0 fully saturated rings. The Hall–Kier alpha value is -2.60. The highest BCUT2D eigenvalue weighted by Crippen LogP contribution is 2.29. The molecular weight excluding hydrogens is 392 g/mol. The first-order valence-corrected chi connectivity index (χ1v) is 11.0. The highest BCUT2D eigenvalue weighted by Gasteiger charge is 2.20. The summed E-state index contributed by atoms with van der Waals surface area (Å²) in [5, 5.41) is 12.1. The number of carbonyl (C=O) groups excluding carboxylic acids is 1. The van der Waals surface area contributed by atoms with Crippen LogP contribution in [0.15, 0.2) is 47.6 Å². The Bertz CT molecular complexity index is 1050. The smallest absolute Gasteiger partial charge is 0.237 e. The van der Waals surface area contributed by atoms with E-state index in [1.807, 2.05) is 44.5 Å². The second-order valence-electron chi connectivity index (χ2n) is 8.76. The van der Waals surface area contributed by atoms with Gasteiger partial charge in [-0.25, -0.2) is 0 Å². The summed E-state index contributed by atoms with van der Waals surface area (Å²) in [7, 11) is 1.93. The van der Waals surface area contributed by atoms with E-state index in [4.69, 9.17) is 0 Å². The Kier molecular flexibility index (Phi) is 6.36. The predicted molar refractivity (Wildman–Crippen MR) is 125 cm³/mol. The van der Waals surface area contributed by atoms with Gasteiger partial charge in [-0.05, 0) is 43.4 Å². The van der Waals surface area contributed by atoms with Crippen molar-refractivity contribution in [1.29, 1.82) is 0 Å². The minimum atomic E-state index is -0.301. The van der Waals surface area contributed by atoms with Crippen molar-refractivity contribution in [2.24, 2.45) is 7.05 Å². The number of hydrogen-bond donors (Lipinski definition) is 1. The lowest BCUT2D eigenvalue weighted by molar-refractivity contribution is -0.115. The summed E-state index contributed by atoms with van der Waals surface area (Å²) < 4.78 is 1.94. The summed E-state index contributed by atoms with van der Waals surface area (Å²) >= 11 is 1.41. The summed E-state index contributed by atoms with van der Waals surface area (Å²) in [6.07, 6.45) is 0. The van der Waals surface area contributed by atoms with Gasteiger partial charge in [0.15, 0.2) is 11.0 Å². The zero-order chi connectivity index (χ0) is 22.1. The van der Waals surface area contributed by atoms with Crippen LogP contribution in [0.4, 0.5) is 5.69 Å². The van der Waals surface area contributed by atoms with E-state index in [2.05, 4.69) is 66.6 Å². The quantitative estimate of drug-likeness (QED) is 0.550. The van der Waals surface area contributed by atoms with Crippen molar-refractivity contribution in [2.45, 2.75) is 57.4 Å². The van der Waals surface area contributed by atoms with E-state index in [1.54, 1.807) is 0 Å². The van der Waals surface area contributed by atoms with Crippen LogP contribution < -0.4 is 5.32 Å². The van der Waals surface area contributed by atoms with Crippen LogP contribution in [0, 0.1) is 13.8 Å². The number of aryl methyl sites for hydroxylation is 2. The Labute approximate surface area is 183 Å². The number of rotatable bonds is 5. The highest BCUT2D eigenvalue weighted by atomic mass is 32.2. The van der Waals surface area contributed by atoms with Gasteiger partial charge in [0.05, 0.1) is 5.25 Å². The molecule has 1 heterocycles. The molecule has 5 nitrogen and oxygen atoms in total. The van der Waals surface area contributed by atoms with Gasteiger partial charge in [0, 0.05) is 18.3 Å². The number of carbonyl (C=O) groups is 1. The van der Waals surface area contributed by atoms with Gasteiger partial charge in [0.25, 0.3) is 0 Å². The van der Waals surface area contributed by atoms with Crippen LogP contribution in [0.25, 0.3) is 11.4 Å². The number of thioether (sulfide) groups is 1. The fourth-order valence-corrected chi connectivity index (χ4v) is 4.00. The first-order chi connectivity index (χ1) is 14.1. The van der Waals surface area contributed by atoms with E-state index < -0.39 is 0 Å². The molecule has 1 unspecified atom stereocenters. The summed E-state index contributed by atoms with van der Waals surface area (Å²) in [4.78, 5) is 12.7. The highest BCUT2D eigenvalue weighted by molar-refractivity contribution is 8.00. The van der Waals surface area contributed by atoms with E-state index in [9.17, 15) is 4.79 Å². The topological polar surface area (TPSA) is 59.8 Å². The fraction of sp³-hybridized carbons (Fsp3) is 0.375. The number of benzene rings is 2. The van der Waals surface area contributed by atoms with Gasteiger partial charge in [0.2, 0.25) is 5.91 Å². The van der Waals surface area contributed by atoms with Gasteiger partial charge >= 0.3 is 0 Å². The third-order valence-corrected chi connectivity index (χ3v) is 6.27. The van der Waals surface area contributed by atoms with Crippen molar-refractivity contribution in [3.63, 3.8) is 0 Å². The molecule has 1 aromatic heterocycles. The average molecular weight is 423 g/mol. The third-order valence-electron chi connectivity index (χ3n) is 5.14. The molecule has 1 amide bonds. The number of amides is 1. The molecule has 6 heteroatoms. The molecule has 0 saturated heterocycles. The lowest BCUT2D eigenvalue weighted by atomic mass is 9.87. The molecule has 3 rings (SSSR count). The normalized spacial score (nSPS) is 12.6. The number of nitrogens with one attached hydrogen (secondary N) is 1. The molecule has 0 aliphatic heterocycles. The van der Waals surface area contributed by atoms with Crippen molar-refractivity contribution in [1.82, 2.24) is 14.8 Å². The molecule has 0 aliphatic rings. The molecule has 1 N–H and O–H groups in total. The first kappa shape index (κ1) is 22.1. The van der Waals surface area contributed by atoms with Gasteiger partial charge in [-0.2, -0.15) is 0 Å². The van der Waals surface area contributed by atoms with E-state index in [0.29, 0.717) is 5.16 Å². The fourth-order valence-electron chi connectivity index (χ4n) is 3.19. The van der Waals surface area contributed by atoms with E-state index in [1.165, 1.54) is 22.9 Å². The molecule has 3 aromatic rings. The van der Waals surface area contributed by atoms with E-state index in [-0.39, 0.29) is 16.6 Å². The monoisotopic (exact) mass is 422 g/mol. The summed E-state index contributed by atoms with van der Waals surface area (Å²) in [5.74, 6) is 0.742. The molecule has 1 atom stereocenters. The Balaban J connectivity index is 1.71.